The van der Waals surface area contributed by atoms with E-state index in [9.17, 15) is 9.59 Å². The Bertz CT molecular complexity index is 756. The standard InChI is InChI=1S/C23H33N3O5/c1-29-21-10-9-17(14-20(21)26-11-3-2-8-22(26)27)24-23(28)25(15-18-6-4-12-30-18)16-19-7-5-13-31-19/h9-10,14,18-19H,2-8,11-13,15-16H2,1H3,(H,24,28)/t18-,19+. The number of anilines is 2. The summed E-state index contributed by atoms with van der Waals surface area (Å²) in [6.45, 7) is 3.28. The average Bonchev–Trinajstić information content (AvgIpc) is 3.48. The minimum absolute atomic E-state index is 0.0737. The molecule has 0 aromatic heterocycles. The van der Waals surface area contributed by atoms with Crippen molar-refractivity contribution in [2.24, 2.45) is 0 Å². The Morgan fingerprint density at radius 2 is 1.84 bits per heavy atom. The number of ether oxygens (including phenoxy) is 3. The fourth-order valence-electron chi connectivity index (χ4n) is 4.55. The number of methoxy groups -OCH3 is 1. The molecular weight excluding hydrogens is 398 g/mol. The van der Waals surface area contributed by atoms with Crippen LogP contribution < -0.4 is 15.0 Å². The smallest absolute Gasteiger partial charge is 0.322 e. The van der Waals surface area contributed by atoms with Crippen molar-refractivity contribution in [3.63, 3.8) is 0 Å². The van der Waals surface area contributed by atoms with Gasteiger partial charge >= 0.3 is 6.03 Å². The summed E-state index contributed by atoms with van der Waals surface area (Å²) in [6, 6.07) is 5.27. The zero-order valence-electron chi connectivity index (χ0n) is 18.3. The van der Waals surface area contributed by atoms with Crippen molar-refractivity contribution in [3.05, 3.63) is 18.2 Å². The second-order valence-corrected chi connectivity index (χ2v) is 8.49. The fourth-order valence-corrected chi connectivity index (χ4v) is 4.55. The molecule has 8 nitrogen and oxygen atoms in total. The number of benzene rings is 1. The third-order valence-corrected chi connectivity index (χ3v) is 6.23. The molecule has 0 aliphatic carbocycles. The number of hydrogen-bond donors (Lipinski definition) is 1. The number of carbonyl (C=O) groups excluding carboxylic acids is 2. The van der Waals surface area contributed by atoms with Gasteiger partial charge in [-0.25, -0.2) is 4.79 Å². The lowest BCUT2D eigenvalue weighted by Crippen LogP contribution is -2.44. The predicted octanol–water partition coefficient (Wildman–Crippen LogP) is 3.40. The van der Waals surface area contributed by atoms with Crippen LogP contribution in [-0.4, -0.2) is 69.0 Å². The number of hydrogen-bond acceptors (Lipinski definition) is 5. The van der Waals surface area contributed by atoms with Gasteiger partial charge < -0.3 is 29.3 Å². The van der Waals surface area contributed by atoms with E-state index in [0.29, 0.717) is 43.2 Å². The van der Waals surface area contributed by atoms with Gasteiger partial charge in [-0.05, 0) is 56.7 Å². The summed E-state index contributed by atoms with van der Waals surface area (Å²) < 4.78 is 17.0. The van der Waals surface area contributed by atoms with Crippen molar-refractivity contribution in [1.29, 1.82) is 0 Å². The highest BCUT2D eigenvalue weighted by molar-refractivity contribution is 5.97. The molecule has 0 bridgehead atoms. The van der Waals surface area contributed by atoms with Crippen molar-refractivity contribution in [1.82, 2.24) is 4.90 Å². The van der Waals surface area contributed by atoms with E-state index < -0.39 is 0 Å². The lowest BCUT2D eigenvalue weighted by Gasteiger charge is -2.30. The molecule has 170 valence electrons. The number of carbonyl (C=O) groups is 2. The number of amides is 3. The molecule has 0 saturated carbocycles. The molecule has 3 amide bonds. The maximum atomic E-state index is 13.2. The molecule has 2 atom stereocenters. The van der Waals surface area contributed by atoms with Crippen molar-refractivity contribution in [2.75, 3.05) is 50.2 Å². The van der Waals surface area contributed by atoms with Crippen LogP contribution in [0.5, 0.6) is 5.75 Å². The molecule has 0 spiro atoms. The highest BCUT2D eigenvalue weighted by atomic mass is 16.5. The van der Waals surface area contributed by atoms with Crippen LogP contribution in [0.3, 0.4) is 0 Å². The highest BCUT2D eigenvalue weighted by Gasteiger charge is 2.28. The maximum Gasteiger partial charge on any atom is 0.322 e. The third kappa shape index (κ3) is 5.49. The van der Waals surface area contributed by atoms with E-state index in [4.69, 9.17) is 14.2 Å². The molecule has 1 aromatic carbocycles. The predicted molar refractivity (Wildman–Crippen MR) is 118 cm³/mol. The summed E-state index contributed by atoms with van der Waals surface area (Å²) in [6.07, 6.45) is 6.57. The van der Waals surface area contributed by atoms with Crippen LogP contribution in [0.15, 0.2) is 18.2 Å². The molecule has 8 heteroatoms. The van der Waals surface area contributed by atoms with Gasteiger partial charge in [0, 0.05) is 45.0 Å². The molecule has 3 aliphatic rings. The monoisotopic (exact) mass is 431 g/mol. The summed E-state index contributed by atoms with van der Waals surface area (Å²) in [5, 5.41) is 3.02. The van der Waals surface area contributed by atoms with Crippen LogP contribution in [0, 0.1) is 0 Å². The van der Waals surface area contributed by atoms with Crippen LogP contribution >= 0.6 is 0 Å². The molecule has 1 N–H and O–H groups in total. The van der Waals surface area contributed by atoms with Gasteiger partial charge in [-0.15, -0.1) is 0 Å². The molecule has 3 heterocycles. The first-order chi connectivity index (χ1) is 15.1. The number of nitrogens with zero attached hydrogens (tertiary/aromatic N) is 2. The SMILES string of the molecule is COc1ccc(NC(=O)N(C[C@H]2CCCO2)C[C@@H]2CCCO2)cc1N1CCCCC1=O. The van der Waals surface area contributed by atoms with Crippen LogP contribution in [0.1, 0.15) is 44.9 Å². The molecular formula is C23H33N3O5. The summed E-state index contributed by atoms with van der Waals surface area (Å²) >= 11 is 0. The van der Waals surface area contributed by atoms with Gasteiger partial charge in [-0.1, -0.05) is 0 Å². The maximum absolute atomic E-state index is 13.2. The Kier molecular flexibility index (Phi) is 7.29. The topological polar surface area (TPSA) is 80.3 Å². The fraction of sp³-hybridized carbons (Fsp3) is 0.652. The van der Waals surface area contributed by atoms with E-state index in [1.165, 1.54) is 0 Å². The largest absolute Gasteiger partial charge is 0.495 e. The van der Waals surface area contributed by atoms with E-state index in [0.717, 1.165) is 51.7 Å². The Morgan fingerprint density at radius 1 is 1.13 bits per heavy atom. The van der Waals surface area contributed by atoms with Crippen LogP contribution in [0.2, 0.25) is 0 Å². The quantitative estimate of drug-likeness (QED) is 0.716. The van der Waals surface area contributed by atoms with Crippen LogP contribution in [0.4, 0.5) is 16.2 Å². The lowest BCUT2D eigenvalue weighted by molar-refractivity contribution is -0.119. The van der Waals surface area contributed by atoms with Gasteiger partial charge in [-0.3, -0.25) is 4.79 Å². The Balaban J connectivity index is 1.48. The zero-order valence-corrected chi connectivity index (χ0v) is 18.3. The van der Waals surface area contributed by atoms with Gasteiger partial charge in [0.25, 0.3) is 0 Å². The molecule has 3 aliphatic heterocycles. The van der Waals surface area contributed by atoms with Crippen molar-refractivity contribution >= 4 is 23.3 Å². The Labute approximate surface area is 183 Å². The van der Waals surface area contributed by atoms with Crippen LogP contribution in [0.25, 0.3) is 0 Å². The number of nitrogens with one attached hydrogen (secondary N) is 1. The van der Waals surface area contributed by atoms with Gasteiger partial charge in [0.05, 0.1) is 25.0 Å². The third-order valence-electron chi connectivity index (χ3n) is 6.23. The van der Waals surface area contributed by atoms with Gasteiger partial charge in [0.1, 0.15) is 5.75 Å². The van der Waals surface area contributed by atoms with Crippen LogP contribution in [-0.2, 0) is 14.3 Å². The molecule has 1 aromatic rings. The van der Waals surface area contributed by atoms with E-state index in [1.54, 1.807) is 18.1 Å². The number of urea groups is 1. The van der Waals surface area contributed by atoms with E-state index in [-0.39, 0.29) is 24.1 Å². The molecule has 3 fully saturated rings. The lowest BCUT2D eigenvalue weighted by atomic mass is 10.1. The second-order valence-electron chi connectivity index (χ2n) is 8.49. The summed E-state index contributed by atoms with van der Waals surface area (Å²) in [5.74, 6) is 0.718. The van der Waals surface area contributed by atoms with E-state index in [2.05, 4.69) is 5.32 Å². The van der Waals surface area contributed by atoms with E-state index in [1.807, 2.05) is 17.0 Å². The van der Waals surface area contributed by atoms with Crippen molar-refractivity contribution < 1.29 is 23.8 Å². The second kappa shape index (κ2) is 10.3. The number of rotatable bonds is 7. The summed E-state index contributed by atoms with van der Waals surface area (Å²) in [4.78, 5) is 29.2. The van der Waals surface area contributed by atoms with Gasteiger partial charge in [0.2, 0.25) is 5.91 Å². The molecule has 0 unspecified atom stereocenters. The Hall–Kier alpha value is -2.32. The highest BCUT2D eigenvalue weighted by Crippen LogP contribution is 2.33. The van der Waals surface area contributed by atoms with E-state index >= 15 is 0 Å². The first-order valence-corrected chi connectivity index (χ1v) is 11.4. The normalized spacial score (nSPS) is 23.8. The molecule has 3 saturated heterocycles. The van der Waals surface area contributed by atoms with Crippen molar-refractivity contribution in [2.45, 2.75) is 57.2 Å². The molecule has 0 radical (unpaired) electrons. The zero-order chi connectivity index (χ0) is 21.6. The molecule has 31 heavy (non-hydrogen) atoms. The summed E-state index contributed by atoms with van der Waals surface area (Å²) in [5.41, 5.74) is 1.35. The minimum atomic E-state index is -0.174. The summed E-state index contributed by atoms with van der Waals surface area (Å²) in [7, 11) is 1.59. The van der Waals surface area contributed by atoms with Gasteiger partial charge in [0.15, 0.2) is 0 Å². The molecule has 4 rings (SSSR count). The minimum Gasteiger partial charge on any atom is -0.495 e. The Morgan fingerprint density at radius 3 is 2.42 bits per heavy atom. The first kappa shape index (κ1) is 21.9. The van der Waals surface area contributed by atoms with Crippen molar-refractivity contribution in [3.8, 4) is 5.75 Å². The average molecular weight is 432 g/mol. The first-order valence-electron chi connectivity index (χ1n) is 11.4. The number of piperidine rings is 1. The van der Waals surface area contributed by atoms with Gasteiger partial charge in [-0.2, -0.15) is 0 Å².